The molecule has 2 aromatic rings. The van der Waals surface area contributed by atoms with Crippen molar-refractivity contribution in [1.82, 2.24) is 9.88 Å². The maximum atomic E-state index is 12.7. The Balaban J connectivity index is 1.34. The number of piperidine rings is 1. The van der Waals surface area contributed by atoms with Gasteiger partial charge in [-0.15, -0.1) is 11.3 Å². The molecule has 1 saturated heterocycles. The van der Waals surface area contributed by atoms with Crippen molar-refractivity contribution in [3.63, 3.8) is 0 Å². The van der Waals surface area contributed by atoms with Crippen LogP contribution >= 0.6 is 11.3 Å². The van der Waals surface area contributed by atoms with Gasteiger partial charge in [-0.1, -0.05) is 11.6 Å². The number of fused-ring (bicyclic) bond motifs is 1. The number of thiazole rings is 1. The van der Waals surface area contributed by atoms with Crippen LogP contribution in [0.15, 0.2) is 29.8 Å². The lowest BCUT2D eigenvalue weighted by Crippen LogP contribution is -2.36. The van der Waals surface area contributed by atoms with Crippen LogP contribution in [0.3, 0.4) is 0 Å². The molecule has 26 heavy (non-hydrogen) atoms. The van der Waals surface area contributed by atoms with Crippen LogP contribution in [0, 0.1) is 18.3 Å². The van der Waals surface area contributed by atoms with Gasteiger partial charge in [0.25, 0.3) is 0 Å². The Labute approximate surface area is 159 Å². The van der Waals surface area contributed by atoms with E-state index in [1.54, 1.807) is 11.3 Å². The molecule has 1 amide bonds. The van der Waals surface area contributed by atoms with E-state index < -0.39 is 0 Å². The quantitative estimate of drug-likeness (QED) is 0.801. The normalized spacial score (nSPS) is 21.7. The highest BCUT2D eigenvalue weighted by atomic mass is 32.1. The van der Waals surface area contributed by atoms with Gasteiger partial charge < -0.3 is 5.32 Å². The molecule has 1 unspecified atom stereocenters. The average molecular weight is 370 g/mol. The van der Waals surface area contributed by atoms with E-state index in [0.29, 0.717) is 0 Å². The number of hydrogen-bond acceptors (Lipinski definition) is 4. The molecule has 0 radical (unpaired) electrons. The minimum Gasteiger partial charge on any atom is -0.326 e. The number of aryl methyl sites for hydroxylation is 1. The number of amides is 1. The molecule has 138 valence electrons. The summed E-state index contributed by atoms with van der Waals surface area (Å²) in [6.07, 6.45) is 5.64. The molecule has 2 fully saturated rings. The topological polar surface area (TPSA) is 45.2 Å². The number of rotatable bonds is 4. The summed E-state index contributed by atoms with van der Waals surface area (Å²) >= 11 is 1.69. The molecule has 1 atom stereocenters. The number of nitrogens with one attached hydrogen (secondary N) is 1. The predicted octanol–water partition coefficient (Wildman–Crippen LogP) is 4.61. The van der Waals surface area contributed by atoms with Gasteiger partial charge in [-0.05, 0) is 76.7 Å². The van der Waals surface area contributed by atoms with Gasteiger partial charge in [0.15, 0.2) is 0 Å². The number of carbonyl (C=O) groups excluding carboxylic acids is 1. The molecule has 1 saturated carbocycles. The molecule has 1 N–H and O–H groups in total. The first kappa shape index (κ1) is 17.7. The number of carbonyl (C=O) groups is 1. The van der Waals surface area contributed by atoms with Crippen molar-refractivity contribution in [1.29, 1.82) is 0 Å². The van der Waals surface area contributed by atoms with E-state index in [2.05, 4.69) is 41.2 Å². The van der Waals surface area contributed by atoms with Crippen LogP contribution in [0.2, 0.25) is 0 Å². The minimum atomic E-state index is 0.181. The van der Waals surface area contributed by atoms with Gasteiger partial charge >= 0.3 is 0 Å². The molecule has 5 heteroatoms. The number of allylic oxidation sites excluding steroid dienone is 1. The number of nitrogens with zero attached hydrogens (tertiary/aromatic N) is 2. The van der Waals surface area contributed by atoms with E-state index in [9.17, 15) is 4.79 Å². The summed E-state index contributed by atoms with van der Waals surface area (Å²) < 4.78 is 1.17. The average Bonchev–Trinajstić information content (AvgIpc) is 3.17. The van der Waals surface area contributed by atoms with Crippen LogP contribution in [-0.2, 0) is 4.79 Å². The number of likely N-dealkylation sites (tertiary alicyclic amines) is 1. The Kier molecular flexibility index (Phi) is 4.61. The fourth-order valence-corrected chi connectivity index (χ4v) is 4.92. The van der Waals surface area contributed by atoms with E-state index in [1.807, 2.05) is 19.1 Å². The fraction of sp³-hybridized carbons (Fsp3) is 0.524. The number of hydrogen-bond donors (Lipinski definition) is 1. The zero-order valence-corrected chi connectivity index (χ0v) is 16.7. The summed E-state index contributed by atoms with van der Waals surface area (Å²) in [5, 5.41) is 4.19. The van der Waals surface area contributed by atoms with E-state index in [0.717, 1.165) is 55.1 Å². The van der Waals surface area contributed by atoms with Gasteiger partial charge in [-0.2, -0.15) is 0 Å². The second kappa shape index (κ2) is 6.78. The molecule has 1 aliphatic heterocycles. The van der Waals surface area contributed by atoms with Crippen molar-refractivity contribution in [2.24, 2.45) is 11.3 Å². The summed E-state index contributed by atoms with van der Waals surface area (Å²) in [5.41, 5.74) is 3.48. The molecular weight excluding hydrogens is 342 g/mol. The molecule has 2 aliphatic rings. The van der Waals surface area contributed by atoms with Gasteiger partial charge in [0, 0.05) is 18.2 Å². The number of anilines is 1. The lowest BCUT2D eigenvalue weighted by atomic mass is 9.90. The first-order chi connectivity index (χ1) is 12.4. The molecule has 4 nitrogen and oxygen atoms in total. The highest BCUT2D eigenvalue weighted by Crippen LogP contribution is 2.59. The van der Waals surface area contributed by atoms with Gasteiger partial charge in [-0.3, -0.25) is 9.69 Å². The molecular formula is C21H27N3OS. The Morgan fingerprint density at radius 1 is 1.38 bits per heavy atom. The van der Waals surface area contributed by atoms with Gasteiger partial charge in [0.1, 0.15) is 0 Å². The Morgan fingerprint density at radius 3 is 2.88 bits per heavy atom. The van der Waals surface area contributed by atoms with Crippen LogP contribution in [0.25, 0.3) is 10.2 Å². The second-order valence-electron chi connectivity index (χ2n) is 8.11. The predicted molar refractivity (Wildman–Crippen MR) is 109 cm³/mol. The van der Waals surface area contributed by atoms with Crippen molar-refractivity contribution in [3.05, 3.63) is 34.9 Å². The zero-order valence-electron chi connectivity index (χ0n) is 15.8. The third kappa shape index (κ3) is 3.55. The number of aromatic nitrogens is 1. The summed E-state index contributed by atoms with van der Waals surface area (Å²) in [6.45, 7) is 9.58. The van der Waals surface area contributed by atoms with Crippen LogP contribution in [-0.4, -0.2) is 35.4 Å². The van der Waals surface area contributed by atoms with Crippen molar-refractivity contribution >= 4 is 33.1 Å². The van der Waals surface area contributed by atoms with Crippen LogP contribution in [0.1, 0.15) is 38.1 Å². The zero-order chi connectivity index (χ0) is 18.3. The maximum absolute atomic E-state index is 12.7. The Morgan fingerprint density at radius 2 is 2.15 bits per heavy atom. The minimum absolute atomic E-state index is 0.181. The first-order valence-electron chi connectivity index (χ1n) is 9.49. The first-order valence-corrected chi connectivity index (χ1v) is 10.3. The largest absolute Gasteiger partial charge is 0.326 e. The highest BCUT2D eigenvalue weighted by molar-refractivity contribution is 7.18. The van der Waals surface area contributed by atoms with Crippen molar-refractivity contribution in [2.75, 3.05) is 25.0 Å². The Hall–Kier alpha value is -1.72. The van der Waals surface area contributed by atoms with Crippen molar-refractivity contribution in [2.45, 2.75) is 40.0 Å². The van der Waals surface area contributed by atoms with Gasteiger partial charge in [0.05, 0.1) is 15.2 Å². The maximum Gasteiger partial charge on any atom is 0.228 e. The number of benzene rings is 1. The van der Waals surface area contributed by atoms with E-state index in [-0.39, 0.29) is 17.2 Å². The van der Waals surface area contributed by atoms with Crippen LogP contribution in [0.4, 0.5) is 5.69 Å². The molecule has 1 aromatic heterocycles. The van der Waals surface area contributed by atoms with E-state index in [1.165, 1.54) is 10.3 Å². The summed E-state index contributed by atoms with van der Waals surface area (Å²) in [6, 6.07) is 6.04. The lowest BCUT2D eigenvalue weighted by Gasteiger charge is -2.32. The molecule has 0 bridgehead atoms. The highest BCUT2D eigenvalue weighted by Gasteiger charge is 2.58. The molecule has 1 aliphatic carbocycles. The SMILES string of the molecule is CC(C)=CCN1CCC2(CC1)CC2C(=O)Nc1ccc2sc(C)nc2c1. The van der Waals surface area contributed by atoms with E-state index >= 15 is 0 Å². The monoisotopic (exact) mass is 369 g/mol. The smallest absolute Gasteiger partial charge is 0.228 e. The third-order valence-electron chi connectivity index (χ3n) is 5.88. The van der Waals surface area contributed by atoms with E-state index in [4.69, 9.17) is 0 Å². The second-order valence-corrected chi connectivity index (χ2v) is 9.34. The standard InChI is InChI=1S/C21H27N3OS/c1-14(2)6-9-24-10-7-21(8-11-24)13-17(21)20(25)23-16-4-5-19-18(12-16)22-15(3)26-19/h4-6,12,17H,7-11,13H2,1-3H3,(H,23,25). The Bertz CT molecular complexity index is 857. The van der Waals surface area contributed by atoms with Gasteiger partial charge in [-0.25, -0.2) is 4.98 Å². The molecule has 1 aromatic carbocycles. The summed E-state index contributed by atoms with van der Waals surface area (Å²) in [4.78, 5) is 19.8. The van der Waals surface area contributed by atoms with Gasteiger partial charge in [0.2, 0.25) is 5.91 Å². The van der Waals surface area contributed by atoms with Crippen molar-refractivity contribution < 1.29 is 4.79 Å². The van der Waals surface area contributed by atoms with Crippen LogP contribution in [0.5, 0.6) is 0 Å². The lowest BCUT2D eigenvalue weighted by molar-refractivity contribution is -0.118. The fourth-order valence-electron chi connectivity index (χ4n) is 4.11. The molecule has 1 spiro atoms. The van der Waals surface area contributed by atoms with Crippen LogP contribution < -0.4 is 5.32 Å². The third-order valence-corrected chi connectivity index (χ3v) is 6.83. The summed E-state index contributed by atoms with van der Waals surface area (Å²) in [7, 11) is 0. The van der Waals surface area contributed by atoms with Crippen molar-refractivity contribution in [3.8, 4) is 0 Å². The summed E-state index contributed by atoms with van der Waals surface area (Å²) in [5.74, 6) is 0.370. The molecule has 4 rings (SSSR count). The molecule has 2 heterocycles.